The van der Waals surface area contributed by atoms with Crippen LogP contribution in [0.15, 0.2) is 20.1 Å². The molecule has 2 heterocycles. The summed E-state index contributed by atoms with van der Waals surface area (Å²) in [5.74, 6) is 0.563. The van der Waals surface area contributed by atoms with Crippen molar-refractivity contribution < 1.29 is 13.2 Å². The van der Waals surface area contributed by atoms with Gasteiger partial charge >= 0.3 is 0 Å². The molecular formula is C16H23BrN2O3S2. The van der Waals surface area contributed by atoms with Crippen LogP contribution >= 0.6 is 27.3 Å². The van der Waals surface area contributed by atoms with E-state index in [9.17, 15) is 13.2 Å². The fourth-order valence-electron chi connectivity index (χ4n) is 3.17. The predicted octanol–water partition coefficient (Wildman–Crippen LogP) is 3.17. The van der Waals surface area contributed by atoms with Gasteiger partial charge in [0, 0.05) is 26.2 Å². The van der Waals surface area contributed by atoms with Gasteiger partial charge in [0.2, 0.25) is 5.91 Å². The van der Waals surface area contributed by atoms with Gasteiger partial charge in [-0.1, -0.05) is 0 Å². The lowest BCUT2D eigenvalue weighted by Crippen LogP contribution is -2.47. The van der Waals surface area contributed by atoms with Gasteiger partial charge in [0.05, 0.1) is 9.70 Å². The zero-order valence-electron chi connectivity index (χ0n) is 13.8. The summed E-state index contributed by atoms with van der Waals surface area (Å²) in [6.07, 6.45) is 3.94. The Hall–Kier alpha value is -0.440. The van der Waals surface area contributed by atoms with E-state index in [4.69, 9.17) is 0 Å². The highest BCUT2D eigenvalue weighted by atomic mass is 79.9. The molecule has 3 rings (SSSR count). The second-order valence-electron chi connectivity index (χ2n) is 6.58. The molecule has 0 bridgehead atoms. The molecule has 1 unspecified atom stereocenters. The zero-order valence-corrected chi connectivity index (χ0v) is 17.0. The van der Waals surface area contributed by atoms with Crippen molar-refractivity contribution in [3.05, 3.63) is 15.9 Å². The van der Waals surface area contributed by atoms with Crippen molar-refractivity contribution in [1.29, 1.82) is 0 Å². The second-order valence-corrected chi connectivity index (χ2v) is 11.2. The maximum absolute atomic E-state index is 12.8. The van der Waals surface area contributed by atoms with Gasteiger partial charge in [-0.05, 0) is 66.6 Å². The normalized spacial score (nSPS) is 22.5. The third-order valence-electron chi connectivity index (χ3n) is 4.74. The third-order valence-corrected chi connectivity index (χ3v) is 8.70. The summed E-state index contributed by atoms with van der Waals surface area (Å²) in [6.45, 7) is 4.34. The molecule has 2 fully saturated rings. The van der Waals surface area contributed by atoms with Crippen LogP contribution in [0.1, 0.15) is 32.6 Å². The fourth-order valence-corrected chi connectivity index (χ4v) is 6.86. The van der Waals surface area contributed by atoms with Crippen LogP contribution in [0.3, 0.4) is 0 Å². The Kier molecular flexibility index (Phi) is 5.68. The van der Waals surface area contributed by atoms with Gasteiger partial charge in [0.1, 0.15) is 4.21 Å². The highest BCUT2D eigenvalue weighted by molar-refractivity contribution is 9.11. The first-order valence-corrected chi connectivity index (χ1v) is 11.5. The number of hydrogen-bond acceptors (Lipinski definition) is 4. The van der Waals surface area contributed by atoms with Crippen molar-refractivity contribution in [1.82, 2.24) is 9.21 Å². The number of piperidine rings is 1. The third kappa shape index (κ3) is 4.03. The first kappa shape index (κ1) is 18.4. The number of thiophene rings is 1. The number of halogens is 1. The monoisotopic (exact) mass is 434 g/mol. The van der Waals surface area contributed by atoms with E-state index >= 15 is 0 Å². The largest absolute Gasteiger partial charge is 0.342 e. The van der Waals surface area contributed by atoms with Gasteiger partial charge in [-0.3, -0.25) is 4.79 Å². The van der Waals surface area contributed by atoms with Gasteiger partial charge in [-0.25, -0.2) is 8.42 Å². The minimum Gasteiger partial charge on any atom is -0.342 e. The molecule has 134 valence electrons. The summed E-state index contributed by atoms with van der Waals surface area (Å²) in [5.41, 5.74) is 0. The second kappa shape index (κ2) is 7.43. The van der Waals surface area contributed by atoms with E-state index < -0.39 is 10.0 Å². The summed E-state index contributed by atoms with van der Waals surface area (Å²) >= 11 is 4.53. The Morgan fingerprint density at radius 2 is 2.12 bits per heavy atom. The topological polar surface area (TPSA) is 57.7 Å². The maximum atomic E-state index is 12.8. The van der Waals surface area contributed by atoms with Crippen LogP contribution in [0.4, 0.5) is 0 Å². The Bertz CT molecular complexity index is 700. The molecule has 8 heteroatoms. The van der Waals surface area contributed by atoms with Gasteiger partial charge in [-0.15, -0.1) is 11.3 Å². The Balaban J connectivity index is 1.70. The van der Waals surface area contributed by atoms with E-state index in [1.165, 1.54) is 28.5 Å². The molecule has 1 atom stereocenters. The van der Waals surface area contributed by atoms with Gasteiger partial charge < -0.3 is 4.90 Å². The quantitative estimate of drug-likeness (QED) is 0.690. The van der Waals surface area contributed by atoms with Crippen LogP contribution in [0, 0.1) is 11.8 Å². The number of hydrogen-bond donors (Lipinski definition) is 0. The highest BCUT2D eigenvalue weighted by Gasteiger charge is 2.36. The molecule has 1 aliphatic heterocycles. The van der Waals surface area contributed by atoms with Crippen molar-refractivity contribution in [3.63, 3.8) is 0 Å². The Labute approximate surface area is 156 Å². The molecule has 1 aliphatic carbocycles. The summed E-state index contributed by atoms with van der Waals surface area (Å²) in [6, 6.07) is 3.37. The van der Waals surface area contributed by atoms with Gasteiger partial charge in [0.15, 0.2) is 0 Å². The molecule has 24 heavy (non-hydrogen) atoms. The van der Waals surface area contributed by atoms with Crippen molar-refractivity contribution in [3.8, 4) is 0 Å². The zero-order chi connectivity index (χ0) is 17.3. The van der Waals surface area contributed by atoms with Gasteiger partial charge in [-0.2, -0.15) is 4.31 Å². The van der Waals surface area contributed by atoms with Crippen molar-refractivity contribution in [2.45, 2.75) is 36.8 Å². The molecule has 1 aromatic rings. The van der Waals surface area contributed by atoms with Crippen LogP contribution in [0.5, 0.6) is 0 Å². The van der Waals surface area contributed by atoms with Crippen LogP contribution in [-0.2, 0) is 14.8 Å². The molecule has 1 aromatic heterocycles. The number of amides is 1. The fraction of sp³-hybridized carbons (Fsp3) is 0.688. The van der Waals surface area contributed by atoms with Crippen LogP contribution in [0.2, 0.25) is 0 Å². The smallest absolute Gasteiger partial charge is 0.252 e. The van der Waals surface area contributed by atoms with E-state index in [1.807, 2.05) is 11.8 Å². The maximum Gasteiger partial charge on any atom is 0.252 e. The number of rotatable bonds is 6. The van der Waals surface area contributed by atoms with E-state index in [0.717, 1.165) is 23.2 Å². The Morgan fingerprint density at radius 1 is 1.38 bits per heavy atom. The number of sulfonamides is 1. The van der Waals surface area contributed by atoms with Crippen molar-refractivity contribution in [2.24, 2.45) is 11.8 Å². The number of carbonyl (C=O) groups excluding carboxylic acids is 1. The average molecular weight is 435 g/mol. The lowest BCUT2D eigenvalue weighted by atomic mass is 9.98. The molecule has 1 saturated carbocycles. The van der Waals surface area contributed by atoms with Crippen LogP contribution in [0.25, 0.3) is 0 Å². The van der Waals surface area contributed by atoms with Crippen LogP contribution < -0.4 is 0 Å². The number of carbonyl (C=O) groups is 1. The lowest BCUT2D eigenvalue weighted by molar-refractivity contribution is -0.136. The first-order valence-electron chi connectivity index (χ1n) is 8.46. The standard InChI is InChI=1S/C16H23BrN2O3S2/c1-2-18(10-12-5-6-12)16(20)13-4-3-9-19(11-13)24(21,22)15-8-7-14(17)23-15/h7-8,12-13H,2-6,9-11H2,1H3. The SMILES string of the molecule is CCN(CC1CC1)C(=O)C1CCCN(S(=O)(=O)c2ccc(Br)s2)C1. The van der Waals surface area contributed by atoms with Crippen molar-refractivity contribution in [2.75, 3.05) is 26.2 Å². The molecule has 1 saturated heterocycles. The van der Waals surface area contributed by atoms with E-state index in [0.29, 0.717) is 29.8 Å². The van der Waals surface area contributed by atoms with E-state index in [1.54, 1.807) is 12.1 Å². The molecule has 2 aliphatic rings. The summed E-state index contributed by atoms with van der Waals surface area (Å²) < 4.78 is 28.2. The predicted molar refractivity (Wildman–Crippen MR) is 98.5 cm³/mol. The van der Waals surface area contributed by atoms with Crippen molar-refractivity contribution >= 4 is 43.2 Å². The van der Waals surface area contributed by atoms with Crippen LogP contribution in [-0.4, -0.2) is 49.7 Å². The minimum absolute atomic E-state index is 0.122. The lowest BCUT2D eigenvalue weighted by Gasteiger charge is -2.34. The van der Waals surface area contributed by atoms with Gasteiger partial charge in [0.25, 0.3) is 10.0 Å². The first-order chi connectivity index (χ1) is 11.4. The molecule has 5 nitrogen and oxygen atoms in total. The number of nitrogens with zero attached hydrogens (tertiary/aromatic N) is 2. The molecule has 0 aromatic carbocycles. The summed E-state index contributed by atoms with van der Waals surface area (Å²) in [4.78, 5) is 14.7. The van der Waals surface area contributed by atoms with E-state index in [-0.39, 0.29) is 11.8 Å². The highest BCUT2D eigenvalue weighted by Crippen LogP contribution is 2.33. The summed E-state index contributed by atoms with van der Waals surface area (Å²) in [7, 11) is -3.50. The summed E-state index contributed by atoms with van der Waals surface area (Å²) in [5, 5.41) is 0. The molecule has 0 spiro atoms. The minimum atomic E-state index is -3.50. The Morgan fingerprint density at radius 3 is 2.71 bits per heavy atom. The average Bonchev–Trinajstić information content (AvgIpc) is 3.29. The molecule has 0 N–H and O–H groups in total. The van der Waals surface area contributed by atoms with E-state index in [2.05, 4.69) is 15.9 Å². The molecule has 1 amide bonds. The molecular weight excluding hydrogens is 412 g/mol. The molecule has 0 radical (unpaired) electrons.